The summed E-state index contributed by atoms with van der Waals surface area (Å²) in [5, 5.41) is 3.88. The predicted octanol–water partition coefficient (Wildman–Crippen LogP) is 2.81. The highest BCUT2D eigenvalue weighted by atomic mass is 79.9. The second kappa shape index (κ2) is 8.75. The van der Waals surface area contributed by atoms with Crippen LogP contribution in [0.15, 0.2) is 22.7 Å². The Labute approximate surface area is 116 Å². The van der Waals surface area contributed by atoms with E-state index in [1.807, 2.05) is 18.2 Å². The molecule has 0 radical (unpaired) electrons. The molecule has 96 valence electrons. The van der Waals surface area contributed by atoms with Crippen LogP contribution in [-0.4, -0.2) is 26.2 Å². The maximum atomic E-state index is 6.03. The fourth-order valence-corrected chi connectivity index (χ4v) is 2.08. The number of hydrogen-bond donors (Lipinski definition) is 2. The SMILES string of the molecule is NCCNCCCCOc1ccc(Br)cc1Cl. The van der Waals surface area contributed by atoms with E-state index in [4.69, 9.17) is 22.1 Å². The highest BCUT2D eigenvalue weighted by molar-refractivity contribution is 9.10. The lowest BCUT2D eigenvalue weighted by atomic mass is 10.3. The van der Waals surface area contributed by atoms with Crippen molar-refractivity contribution in [3.8, 4) is 5.75 Å². The maximum Gasteiger partial charge on any atom is 0.137 e. The molecule has 5 heteroatoms. The van der Waals surface area contributed by atoms with E-state index in [2.05, 4.69) is 21.2 Å². The number of nitrogens with one attached hydrogen (secondary N) is 1. The van der Waals surface area contributed by atoms with Gasteiger partial charge in [0.15, 0.2) is 0 Å². The molecule has 17 heavy (non-hydrogen) atoms. The molecule has 0 amide bonds. The molecule has 0 aliphatic heterocycles. The molecule has 0 bridgehead atoms. The smallest absolute Gasteiger partial charge is 0.137 e. The van der Waals surface area contributed by atoms with Gasteiger partial charge in [-0.25, -0.2) is 0 Å². The Balaban J connectivity index is 2.14. The first-order chi connectivity index (χ1) is 8.24. The van der Waals surface area contributed by atoms with Crippen LogP contribution in [0.5, 0.6) is 5.75 Å². The molecule has 0 aromatic heterocycles. The van der Waals surface area contributed by atoms with Gasteiger partial charge in [0.05, 0.1) is 11.6 Å². The molecular formula is C12H18BrClN2O. The summed E-state index contributed by atoms with van der Waals surface area (Å²) in [7, 11) is 0. The van der Waals surface area contributed by atoms with Gasteiger partial charge in [0, 0.05) is 17.6 Å². The first-order valence-electron chi connectivity index (χ1n) is 5.72. The van der Waals surface area contributed by atoms with Gasteiger partial charge in [0.25, 0.3) is 0 Å². The molecule has 0 saturated heterocycles. The van der Waals surface area contributed by atoms with E-state index in [-0.39, 0.29) is 0 Å². The van der Waals surface area contributed by atoms with Crippen molar-refractivity contribution in [3.05, 3.63) is 27.7 Å². The van der Waals surface area contributed by atoms with Crippen LogP contribution in [0.1, 0.15) is 12.8 Å². The molecule has 0 spiro atoms. The number of halogens is 2. The molecule has 0 heterocycles. The zero-order valence-electron chi connectivity index (χ0n) is 9.72. The van der Waals surface area contributed by atoms with Gasteiger partial charge < -0.3 is 15.8 Å². The molecule has 3 nitrogen and oxygen atoms in total. The van der Waals surface area contributed by atoms with Gasteiger partial charge >= 0.3 is 0 Å². The van der Waals surface area contributed by atoms with Gasteiger partial charge in [-0.2, -0.15) is 0 Å². The van der Waals surface area contributed by atoms with Gasteiger partial charge in [-0.15, -0.1) is 0 Å². The molecule has 0 saturated carbocycles. The van der Waals surface area contributed by atoms with Crippen LogP contribution in [0.2, 0.25) is 5.02 Å². The van der Waals surface area contributed by atoms with E-state index >= 15 is 0 Å². The number of nitrogens with two attached hydrogens (primary N) is 1. The third kappa shape index (κ3) is 6.27. The third-order valence-electron chi connectivity index (χ3n) is 2.22. The molecule has 0 unspecified atom stereocenters. The summed E-state index contributed by atoms with van der Waals surface area (Å²) in [5.41, 5.74) is 5.37. The van der Waals surface area contributed by atoms with Crippen molar-refractivity contribution in [2.24, 2.45) is 5.73 Å². The van der Waals surface area contributed by atoms with Crippen LogP contribution in [-0.2, 0) is 0 Å². The molecular weight excluding hydrogens is 304 g/mol. The molecule has 1 aromatic carbocycles. The second-order valence-corrected chi connectivity index (χ2v) is 4.99. The lowest BCUT2D eigenvalue weighted by Gasteiger charge is -2.08. The Kier molecular flexibility index (Phi) is 7.60. The second-order valence-electron chi connectivity index (χ2n) is 3.67. The van der Waals surface area contributed by atoms with Crippen molar-refractivity contribution in [3.63, 3.8) is 0 Å². The summed E-state index contributed by atoms with van der Waals surface area (Å²) in [6.07, 6.45) is 2.08. The maximum absolute atomic E-state index is 6.03. The van der Waals surface area contributed by atoms with E-state index in [0.717, 1.165) is 36.2 Å². The van der Waals surface area contributed by atoms with Crippen LogP contribution in [0.25, 0.3) is 0 Å². The zero-order chi connectivity index (χ0) is 12.5. The average Bonchev–Trinajstić information content (AvgIpc) is 2.30. The predicted molar refractivity (Wildman–Crippen MR) is 75.8 cm³/mol. The molecule has 0 fully saturated rings. The van der Waals surface area contributed by atoms with E-state index in [1.54, 1.807) is 0 Å². The van der Waals surface area contributed by atoms with E-state index < -0.39 is 0 Å². The highest BCUT2D eigenvalue weighted by Crippen LogP contribution is 2.27. The standard InChI is InChI=1S/C12H18BrClN2O/c13-10-3-4-12(11(14)9-10)17-8-2-1-6-16-7-5-15/h3-4,9,16H,1-2,5-8,15H2. The fraction of sp³-hybridized carbons (Fsp3) is 0.500. The minimum Gasteiger partial charge on any atom is -0.492 e. The van der Waals surface area contributed by atoms with E-state index in [1.165, 1.54) is 0 Å². The largest absolute Gasteiger partial charge is 0.492 e. The van der Waals surface area contributed by atoms with Gasteiger partial charge in [0.2, 0.25) is 0 Å². The molecule has 3 N–H and O–H groups in total. The van der Waals surface area contributed by atoms with Crippen molar-refractivity contribution in [1.29, 1.82) is 0 Å². The Hall–Kier alpha value is -0.290. The molecule has 1 rings (SSSR count). The Morgan fingerprint density at radius 3 is 2.82 bits per heavy atom. The topological polar surface area (TPSA) is 47.3 Å². The summed E-state index contributed by atoms with van der Waals surface area (Å²) in [6.45, 7) is 3.23. The van der Waals surface area contributed by atoms with Crippen molar-refractivity contribution in [1.82, 2.24) is 5.32 Å². The molecule has 1 aromatic rings. The van der Waals surface area contributed by atoms with Crippen molar-refractivity contribution < 1.29 is 4.74 Å². The van der Waals surface area contributed by atoms with Crippen LogP contribution < -0.4 is 15.8 Å². The molecule has 0 aliphatic rings. The lowest BCUT2D eigenvalue weighted by molar-refractivity contribution is 0.306. The Morgan fingerprint density at radius 1 is 1.29 bits per heavy atom. The average molecular weight is 322 g/mol. The van der Waals surface area contributed by atoms with E-state index in [0.29, 0.717) is 18.2 Å². The summed E-state index contributed by atoms with van der Waals surface area (Å²) < 4.78 is 6.55. The van der Waals surface area contributed by atoms with E-state index in [9.17, 15) is 0 Å². The van der Waals surface area contributed by atoms with Crippen LogP contribution in [0.3, 0.4) is 0 Å². The van der Waals surface area contributed by atoms with Crippen molar-refractivity contribution >= 4 is 27.5 Å². The van der Waals surface area contributed by atoms with Crippen molar-refractivity contribution in [2.45, 2.75) is 12.8 Å². The summed E-state index contributed by atoms with van der Waals surface area (Å²) in [5.74, 6) is 0.741. The first kappa shape index (κ1) is 14.8. The monoisotopic (exact) mass is 320 g/mol. The number of unbranched alkanes of at least 4 members (excludes halogenated alkanes) is 1. The Bertz CT molecular complexity index is 336. The van der Waals surface area contributed by atoms with Gasteiger partial charge in [0.1, 0.15) is 5.75 Å². The highest BCUT2D eigenvalue weighted by Gasteiger charge is 2.01. The lowest BCUT2D eigenvalue weighted by Crippen LogP contribution is -2.23. The zero-order valence-corrected chi connectivity index (χ0v) is 12.1. The Morgan fingerprint density at radius 2 is 2.12 bits per heavy atom. The van der Waals surface area contributed by atoms with Gasteiger partial charge in [-0.1, -0.05) is 27.5 Å². The third-order valence-corrected chi connectivity index (χ3v) is 3.01. The quantitative estimate of drug-likeness (QED) is 0.724. The normalized spacial score (nSPS) is 10.5. The number of benzene rings is 1. The minimum atomic E-state index is 0.639. The number of hydrogen-bond acceptors (Lipinski definition) is 3. The summed E-state index contributed by atoms with van der Waals surface area (Å²) >= 11 is 9.38. The minimum absolute atomic E-state index is 0.639. The summed E-state index contributed by atoms with van der Waals surface area (Å²) in [6, 6.07) is 5.63. The van der Waals surface area contributed by atoms with Gasteiger partial charge in [-0.3, -0.25) is 0 Å². The number of ether oxygens (including phenoxy) is 1. The van der Waals surface area contributed by atoms with Crippen LogP contribution in [0.4, 0.5) is 0 Å². The number of rotatable bonds is 8. The van der Waals surface area contributed by atoms with Crippen molar-refractivity contribution in [2.75, 3.05) is 26.2 Å². The molecule has 0 aliphatic carbocycles. The first-order valence-corrected chi connectivity index (χ1v) is 6.90. The fourth-order valence-electron chi connectivity index (χ4n) is 1.35. The van der Waals surface area contributed by atoms with Gasteiger partial charge in [-0.05, 0) is 37.6 Å². The molecule has 0 atom stereocenters. The summed E-state index contributed by atoms with van der Waals surface area (Å²) in [4.78, 5) is 0. The van der Waals surface area contributed by atoms with Crippen LogP contribution in [0, 0.1) is 0 Å². The van der Waals surface area contributed by atoms with Crippen LogP contribution >= 0.6 is 27.5 Å².